The molecule has 6 heteroatoms. The number of carboxylic acids is 1. The third-order valence-corrected chi connectivity index (χ3v) is 5.44. The highest BCUT2D eigenvalue weighted by atomic mass is 79.9. The fourth-order valence-electron chi connectivity index (χ4n) is 3.94. The standard InChI is InChI=1S/C15H16BrNO4/c16-11-3-8(4-13-14(11)21-7-20-13)6-17-9-1-2-12(17)10(5-9)15(18)19/h3-4,9-10,12H,1-2,5-7H2,(H,18,19). The van der Waals surface area contributed by atoms with E-state index in [9.17, 15) is 9.90 Å². The van der Waals surface area contributed by atoms with Gasteiger partial charge >= 0.3 is 5.97 Å². The molecule has 3 heterocycles. The minimum atomic E-state index is -0.654. The van der Waals surface area contributed by atoms with Crippen molar-refractivity contribution in [2.24, 2.45) is 5.92 Å². The summed E-state index contributed by atoms with van der Waals surface area (Å²) in [6.45, 7) is 1.03. The lowest BCUT2D eigenvalue weighted by Crippen LogP contribution is -2.32. The predicted molar refractivity (Wildman–Crippen MR) is 78.4 cm³/mol. The van der Waals surface area contributed by atoms with E-state index in [0.717, 1.165) is 47.3 Å². The monoisotopic (exact) mass is 353 g/mol. The van der Waals surface area contributed by atoms with Crippen LogP contribution in [0.2, 0.25) is 0 Å². The Bertz CT molecular complexity index is 606. The van der Waals surface area contributed by atoms with Crippen LogP contribution in [0.3, 0.4) is 0 Å². The number of aliphatic carboxylic acids is 1. The molecule has 1 aromatic carbocycles. The van der Waals surface area contributed by atoms with Gasteiger partial charge in [0, 0.05) is 18.6 Å². The molecule has 3 unspecified atom stereocenters. The smallest absolute Gasteiger partial charge is 0.308 e. The average Bonchev–Trinajstić information content (AvgIpc) is 3.14. The van der Waals surface area contributed by atoms with E-state index < -0.39 is 5.97 Å². The number of fused-ring (bicyclic) bond motifs is 3. The van der Waals surface area contributed by atoms with Crippen molar-refractivity contribution >= 4 is 21.9 Å². The molecule has 4 rings (SSSR count). The van der Waals surface area contributed by atoms with E-state index in [2.05, 4.69) is 20.8 Å². The molecule has 2 bridgehead atoms. The molecule has 0 spiro atoms. The maximum absolute atomic E-state index is 11.3. The molecule has 112 valence electrons. The number of benzene rings is 1. The number of carbonyl (C=O) groups is 1. The van der Waals surface area contributed by atoms with Gasteiger partial charge < -0.3 is 14.6 Å². The summed E-state index contributed by atoms with van der Waals surface area (Å²) in [5, 5.41) is 9.32. The first-order chi connectivity index (χ1) is 10.1. The molecule has 2 fully saturated rings. The molecule has 1 N–H and O–H groups in total. The highest BCUT2D eigenvalue weighted by Gasteiger charge is 2.49. The zero-order valence-corrected chi connectivity index (χ0v) is 13.0. The Labute approximate surface area is 131 Å². The minimum absolute atomic E-state index is 0.177. The fraction of sp³-hybridized carbons (Fsp3) is 0.533. The van der Waals surface area contributed by atoms with E-state index in [1.165, 1.54) is 0 Å². The molecule has 3 aliphatic rings. The van der Waals surface area contributed by atoms with Gasteiger partial charge in [-0.1, -0.05) is 0 Å². The third kappa shape index (κ3) is 2.12. The number of ether oxygens (including phenoxy) is 2. The van der Waals surface area contributed by atoms with E-state index in [4.69, 9.17) is 9.47 Å². The van der Waals surface area contributed by atoms with Crippen LogP contribution in [-0.4, -0.2) is 34.9 Å². The Morgan fingerprint density at radius 1 is 1.38 bits per heavy atom. The summed E-state index contributed by atoms with van der Waals surface area (Å²) in [4.78, 5) is 13.7. The second-order valence-corrected chi connectivity index (χ2v) is 6.82. The van der Waals surface area contributed by atoms with Crippen LogP contribution in [0.4, 0.5) is 0 Å². The first-order valence-electron chi connectivity index (χ1n) is 7.20. The summed E-state index contributed by atoms with van der Waals surface area (Å²) in [5.74, 6) is 0.660. The molecule has 0 radical (unpaired) electrons. The van der Waals surface area contributed by atoms with E-state index in [-0.39, 0.29) is 18.8 Å². The number of carboxylic acid groups (broad SMARTS) is 1. The van der Waals surface area contributed by atoms with Crippen molar-refractivity contribution in [2.75, 3.05) is 6.79 Å². The van der Waals surface area contributed by atoms with Crippen molar-refractivity contribution in [3.05, 3.63) is 22.2 Å². The van der Waals surface area contributed by atoms with Crippen LogP contribution < -0.4 is 9.47 Å². The Balaban J connectivity index is 1.57. The number of nitrogens with zero attached hydrogens (tertiary/aromatic N) is 1. The maximum atomic E-state index is 11.3. The highest BCUT2D eigenvalue weighted by Crippen LogP contribution is 2.44. The van der Waals surface area contributed by atoms with Gasteiger partial charge in [-0.15, -0.1) is 0 Å². The summed E-state index contributed by atoms with van der Waals surface area (Å²) in [7, 11) is 0. The first kappa shape index (κ1) is 13.4. The summed E-state index contributed by atoms with van der Waals surface area (Å²) >= 11 is 3.51. The first-order valence-corrected chi connectivity index (χ1v) is 7.99. The number of hydrogen-bond donors (Lipinski definition) is 1. The molecule has 0 aliphatic carbocycles. The lowest BCUT2D eigenvalue weighted by Gasteiger charge is -2.23. The van der Waals surface area contributed by atoms with Gasteiger partial charge in [0.2, 0.25) is 6.79 Å². The average molecular weight is 354 g/mol. The van der Waals surface area contributed by atoms with Crippen molar-refractivity contribution in [3.63, 3.8) is 0 Å². The highest BCUT2D eigenvalue weighted by molar-refractivity contribution is 9.10. The summed E-state index contributed by atoms with van der Waals surface area (Å²) in [6, 6.07) is 4.62. The minimum Gasteiger partial charge on any atom is -0.481 e. The van der Waals surface area contributed by atoms with Crippen LogP contribution >= 0.6 is 15.9 Å². The normalized spacial score (nSPS) is 30.0. The van der Waals surface area contributed by atoms with Gasteiger partial charge in [-0.25, -0.2) is 0 Å². The predicted octanol–water partition coefficient (Wildman–Crippen LogP) is 2.62. The van der Waals surface area contributed by atoms with Crippen LogP contribution in [0.15, 0.2) is 16.6 Å². The van der Waals surface area contributed by atoms with Crippen molar-refractivity contribution in [1.82, 2.24) is 4.90 Å². The zero-order chi connectivity index (χ0) is 14.6. The summed E-state index contributed by atoms with van der Waals surface area (Å²) in [6.07, 6.45) is 2.89. The van der Waals surface area contributed by atoms with Gasteiger partial charge in [-0.05, 0) is 52.9 Å². The van der Waals surface area contributed by atoms with Crippen molar-refractivity contribution in [1.29, 1.82) is 0 Å². The largest absolute Gasteiger partial charge is 0.481 e. The quantitative estimate of drug-likeness (QED) is 0.904. The van der Waals surface area contributed by atoms with Crippen LogP contribution in [0.25, 0.3) is 0 Å². The Kier molecular flexibility index (Phi) is 3.11. The molecular formula is C15H16BrNO4. The molecule has 0 amide bonds. The number of hydrogen-bond acceptors (Lipinski definition) is 4. The maximum Gasteiger partial charge on any atom is 0.308 e. The molecule has 2 saturated heterocycles. The van der Waals surface area contributed by atoms with Gasteiger partial charge in [-0.2, -0.15) is 0 Å². The molecule has 0 aromatic heterocycles. The Morgan fingerprint density at radius 2 is 2.24 bits per heavy atom. The topological polar surface area (TPSA) is 59.0 Å². The van der Waals surface area contributed by atoms with Gasteiger partial charge in [0.15, 0.2) is 11.5 Å². The summed E-state index contributed by atoms with van der Waals surface area (Å²) < 4.78 is 11.7. The molecule has 3 aliphatic heterocycles. The lowest BCUT2D eigenvalue weighted by atomic mass is 9.89. The fourth-order valence-corrected chi connectivity index (χ4v) is 4.54. The van der Waals surface area contributed by atoms with Crippen LogP contribution in [0.1, 0.15) is 24.8 Å². The lowest BCUT2D eigenvalue weighted by molar-refractivity contribution is -0.142. The second-order valence-electron chi connectivity index (χ2n) is 5.96. The number of halogens is 1. The van der Waals surface area contributed by atoms with Gasteiger partial charge in [0.25, 0.3) is 0 Å². The molecule has 5 nitrogen and oxygen atoms in total. The summed E-state index contributed by atoms with van der Waals surface area (Å²) in [5.41, 5.74) is 1.13. The van der Waals surface area contributed by atoms with Crippen molar-refractivity contribution in [3.8, 4) is 11.5 Å². The zero-order valence-electron chi connectivity index (χ0n) is 11.4. The van der Waals surface area contributed by atoms with Gasteiger partial charge in [-0.3, -0.25) is 9.69 Å². The van der Waals surface area contributed by atoms with Crippen LogP contribution in [0, 0.1) is 5.92 Å². The van der Waals surface area contributed by atoms with Gasteiger partial charge in [0.05, 0.1) is 10.4 Å². The molecule has 21 heavy (non-hydrogen) atoms. The third-order valence-electron chi connectivity index (χ3n) is 4.85. The second kappa shape index (κ2) is 4.88. The number of rotatable bonds is 3. The molecule has 1 aromatic rings. The van der Waals surface area contributed by atoms with E-state index >= 15 is 0 Å². The van der Waals surface area contributed by atoms with Crippen LogP contribution in [-0.2, 0) is 11.3 Å². The van der Waals surface area contributed by atoms with Gasteiger partial charge in [0.1, 0.15) is 0 Å². The van der Waals surface area contributed by atoms with Crippen molar-refractivity contribution in [2.45, 2.75) is 37.9 Å². The van der Waals surface area contributed by atoms with Crippen molar-refractivity contribution < 1.29 is 19.4 Å². The van der Waals surface area contributed by atoms with E-state index in [0.29, 0.717) is 6.04 Å². The molecule has 3 atom stereocenters. The van der Waals surface area contributed by atoms with Crippen LogP contribution in [0.5, 0.6) is 11.5 Å². The molecule has 0 saturated carbocycles. The SMILES string of the molecule is O=C(O)C1CC2CCC1N2Cc1cc(Br)c2c(c1)OCO2. The van der Waals surface area contributed by atoms with E-state index in [1.54, 1.807) is 0 Å². The van der Waals surface area contributed by atoms with E-state index in [1.807, 2.05) is 12.1 Å². The molecular weight excluding hydrogens is 338 g/mol. The Morgan fingerprint density at radius 3 is 3.00 bits per heavy atom. The Hall–Kier alpha value is -1.27.